The molecule has 6 heteroatoms. The molecule has 150 valence electrons. The number of hydrogen-bond acceptors (Lipinski definition) is 3. The molecule has 2 amide bonds. The van der Waals surface area contributed by atoms with E-state index in [1.807, 2.05) is 31.2 Å². The normalized spacial score (nSPS) is 11.6. The summed E-state index contributed by atoms with van der Waals surface area (Å²) in [5.74, 6) is 0.0356. The van der Waals surface area contributed by atoms with Crippen LogP contribution in [0.25, 0.3) is 0 Å². The Hall–Kier alpha value is -2.89. The Kier molecular flexibility index (Phi) is 7.99. The highest BCUT2D eigenvalue weighted by atomic mass is 19.1. The molecule has 0 aliphatic heterocycles. The summed E-state index contributed by atoms with van der Waals surface area (Å²) in [6, 6.07) is 13.0. The van der Waals surface area contributed by atoms with E-state index in [0.29, 0.717) is 13.0 Å². The van der Waals surface area contributed by atoms with Gasteiger partial charge in [-0.15, -0.1) is 0 Å². The van der Waals surface area contributed by atoms with Crippen LogP contribution < -0.4 is 10.1 Å². The van der Waals surface area contributed by atoms with Gasteiger partial charge in [-0.1, -0.05) is 29.8 Å². The summed E-state index contributed by atoms with van der Waals surface area (Å²) in [5, 5.41) is 2.57. The highest BCUT2D eigenvalue weighted by Gasteiger charge is 2.25. The SMILES string of the molecule is CNC(=O)[C@@H](C)N(Cc1ccc(F)cc1)C(=O)CCCOc1ccc(C)cc1. The summed E-state index contributed by atoms with van der Waals surface area (Å²) in [6.45, 7) is 4.34. The zero-order valence-corrected chi connectivity index (χ0v) is 16.6. The van der Waals surface area contributed by atoms with Crippen molar-refractivity contribution in [2.24, 2.45) is 0 Å². The van der Waals surface area contributed by atoms with Crippen molar-refractivity contribution in [3.8, 4) is 5.75 Å². The number of halogens is 1. The minimum Gasteiger partial charge on any atom is -0.494 e. The summed E-state index contributed by atoms with van der Waals surface area (Å²) >= 11 is 0. The van der Waals surface area contributed by atoms with Gasteiger partial charge in [0.25, 0.3) is 0 Å². The second-order valence-electron chi connectivity index (χ2n) is 6.70. The van der Waals surface area contributed by atoms with Gasteiger partial charge in [-0.05, 0) is 50.1 Å². The van der Waals surface area contributed by atoms with Crippen LogP contribution in [-0.4, -0.2) is 36.4 Å². The van der Waals surface area contributed by atoms with E-state index in [2.05, 4.69) is 5.32 Å². The Labute approximate surface area is 165 Å². The van der Waals surface area contributed by atoms with E-state index in [-0.39, 0.29) is 30.6 Å². The number of ether oxygens (including phenoxy) is 1. The average Bonchev–Trinajstić information content (AvgIpc) is 2.70. The first-order valence-electron chi connectivity index (χ1n) is 9.35. The van der Waals surface area contributed by atoms with Crippen LogP contribution in [0.5, 0.6) is 5.75 Å². The molecule has 1 N–H and O–H groups in total. The number of benzene rings is 2. The predicted molar refractivity (Wildman–Crippen MR) is 106 cm³/mol. The van der Waals surface area contributed by atoms with Crippen LogP contribution in [-0.2, 0) is 16.1 Å². The molecule has 0 spiro atoms. The average molecular weight is 386 g/mol. The van der Waals surface area contributed by atoms with Crippen molar-refractivity contribution in [1.29, 1.82) is 0 Å². The third-order valence-corrected chi connectivity index (χ3v) is 4.50. The molecule has 5 nitrogen and oxygen atoms in total. The van der Waals surface area contributed by atoms with Gasteiger partial charge in [0.05, 0.1) is 6.61 Å². The molecule has 0 heterocycles. The summed E-state index contributed by atoms with van der Waals surface area (Å²) in [4.78, 5) is 26.3. The van der Waals surface area contributed by atoms with Gasteiger partial charge in [0.2, 0.25) is 11.8 Å². The number of hydrogen-bond donors (Lipinski definition) is 1. The van der Waals surface area contributed by atoms with Crippen LogP contribution in [0.1, 0.15) is 30.9 Å². The minimum atomic E-state index is -0.624. The Balaban J connectivity index is 1.94. The second kappa shape index (κ2) is 10.4. The highest BCUT2D eigenvalue weighted by molar-refractivity contribution is 5.87. The van der Waals surface area contributed by atoms with E-state index < -0.39 is 6.04 Å². The number of nitrogens with one attached hydrogen (secondary N) is 1. The smallest absolute Gasteiger partial charge is 0.242 e. The lowest BCUT2D eigenvalue weighted by Crippen LogP contribution is -2.46. The fourth-order valence-electron chi connectivity index (χ4n) is 2.77. The molecule has 28 heavy (non-hydrogen) atoms. The zero-order valence-electron chi connectivity index (χ0n) is 16.6. The van der Waals surface area contributed by atoms with Gasteiger partial charge in [-0.3, -0.25) is 9.59 Å². The van der Waals surface area contributed by atoms with Crippen molar-refractivity contribution in [2.45, 2.75) is 39.3 Å². The third-order valence-electron chi connectivity index (χ3n) is 4.50. The fraction of sp³-hybridized carbons (Fsp3) is 0.364. The summed E-state index contributed by atoms with van der Waals surface area (Å²) in [7, 11) is 1.54. The molecule has 0 saturated heterocycles. The van der Waals surface area contributed by atoms with Crippen molar-refractivity contribution in [3.05, 3.63) is 65.5 Å². The quantitative estimate of drug-likeness (QED) is 0.672. The molecular formula is C22H27FN2O3. The van der Waals surface area contributed by atoms with E-state index in [1.54, 1.807) is 19.1 Å². The number of rotatable bonds is 9. The van der Waals surface area contributed by atoms with Gasteiger partial charge in [0.1, 0.15) is 17.6 Å². The monoisotopic (exact) mass is 386 g/mol. The molecule has 2 aromatic rings. The molecule has 0 fully saturated rings. The van der Waals surface area contributed by atoms with Crippen molar-refractivity contribution in [2.75, 3.05) is 13.7 Å². The Bertz CT molecular complexity index is 775. The van der Waals surface area contributed by atoms with E-state index >= 15 is 0 Å². The Morgan fingerprint density at radius 3 is 2.36 bits per heavy atom. The first-order chi connectivity index (χ1) is 13.4. The third kappa shape index (κ3) is 6.37. The molecule has 1 atom stereocenters. The minimum absolute atomic E-state index is 0.145. The first-order valence-corrected chi connectivity index (χ1v) is 9.35. The van der Waals surface area contributed by atoms with Gasteiger partial charge in [0.15, 0.2) is 0 Å². The van der Waals surface area contributed by atoms with E-state index in [9.17, 15) is 14.0 Å². The molecule has 0 aliphatic carbocycles. The highest BCUT2D eigenvalue weighted by Crippen LogP contribution is 2.14. The number of carbonyl (C=O) groups is 2. The Morgan fingerprint density at radius 1 is 1.11 bits per heavy atom. The van der Waals surface area contributed by atoms with Crippen molar-refractivity contribution in [1.82, 2.24) is 10.2 Å². The van der Waals surface area contributed by atoms with Gasteiger partial charge in [-0.25, -0.2) is 4.39 Å². The number of nitrogens with zero attached hydrogens (tertiary/aromatic N) is 1. The van der Waals surface area contributed by atoms with Gasteiger partial charge in [-0.2, -0.15) is 0 Å². The van der Waals surface area contributed by atoms with Crippen LogP contribution >= 0.6 is 0 Å². The van der Waals surface area contributed by atoms with Crippen molar-refractivity contribution in [3.63, 3.8) is 0 Å². The fourth-order valence-corrected chi connectivity index (χ4v) is 2.77. The molecule has 0 bridgehead atoms. The van der Waals surface area contributed by atoms with E-state index in [0.717, 1.165) is 16.9 Å². The zero-order chi connectivity index (χ0) is 20.5. The second-order valence-corrected chi connectivity index (χ2v) is 6.70. The topological polar surface area (TPSA) is 58.6 Å². The maximum absolute atomic E-state index is 13.1. The van der Waals surface area contributed by atoms with Gasteiger partial charge >= 0.3 is 0 Å². The number of likely N-dealkylation sites (N-methyl/N-ethyl adjacent to an activating group) is 1. The lowest BCUT2D eigenvalue weighted by Gasteiger charge is -2.28. The number of amides is 2. The summed E-state index contributed by atoms with van der Waals surface area (Å²) < 4.78 is 18.8. The molecule has 0 saturated carbocycles. The molecule has 0 unspecified atom stereocenters. The first kappa shape index (κ1) is 21.4. The molecular weight excluding hydrogens is 359 g/mol. The maximum Gasteiger partial charge on any atom is 0.242 e. The predicted octanol–water partition coefficient (Wildman–Crippen LogP) is 3.46. The van der Waals surface area contributed by atoms with E-state index in [1.165, 1.54) is 24.1 Å². The largest absolute Gasteiger partial charge is 0.494 e. The molecule has 0 radical (unpaired) electrons. The summed E-state index contributed by atoms with van der Waals surface area (Å²) in [5.41, 5.74) is 1.92. The molecule has 0 aliphatic rings. The van der Waals surface area contributed by atoms with Crippen LogP contribution in [0.2, 0.25) is 0 Å². The molecule has 2 aromatic carbocycles. The van der Waals surface area contributed by atoms with E-state index in [4.69, 9.17) is 4.74 Å². The van der Waals surface area contributed by atoms with Crippen molar-refractivity contribution < 1.29 is 18.7 Å². The number of aryl methyl sites for hydroxylation is 1. The van der Waals surface area contributed by atoms with Crippen LogP contribution in [0.15, 0.2) is 48.5 Å². The van der Waals surface area contributed by atoms with Crippen LogP contribution in [0.3, 0.4) is 0 Å². The molecule has 2 rings (SSSR count). The standard InChI is InChI=1S/C22H27FN2O3/c1-16-6-12-20(13-7-16)28-14-4-5-21(26)25(17(2)22(27)24-3)15-18-8-10-19(23)11-9-18/h6-13,17H,4-5,14-15H2,1-3H3,(H,24,27)/t17-/m1/s1. The summed E-state index contributed by atoms with van der Waals surface area (Å²) in [6.07, 6.45) is 0.793. The lowest BCUT2D eigenvalue weighted by molar-refractivity contribution is -0.140. The lowest BCUT2D eigenvalue weighted by atomic mass is 10.1. The van der Waals surface area contributed by atoms with Gasteiger partial charge < -0.3 is 15.0 Å². The Morgan fingerprint density at radius 2 is 1.75 bits per heavy atom. The van der Waals surface area contributed by atoms with Crippen LogP contribution in [0.4, 0.5) is 4.39 Å². The van der Waals surface area contributed by atoms with Crippen LogP contribution in [0, 0.1) is 12.7 Å². The van der Waals surface area contributed by atoms with Crippen molar-refractivity contribution >= 4 is 11.8 Å². The molecule has 0 aromatic heterocycles. The van der Waals surface area contributed by atoms with Gasteiger partial charge in [0, 0.05) is 20.0 Å². The number of carbonyl (C=O) groups excluding carboxylic acids is 2. The maximum atomic E-state index is 13.1.